The van der Waals surface area contributed by atoms with E-state index in [9.17, 15) is 18.0 Å². The summed E-state index contributed by atoms with van der Waals surface area (Å²) in [5.41, 5.74) is 1.62. The molecule has 0 fully saturated rings. The number of benzene rings is 2. The van der Waals surface area contributed by atoms with Crippen LogP contribution >= 0.6 is 0 Å². The Labute approximate surface area is 186 Å². The molecule has 2 heterocycles. The van der Waals surface area contributed by atoms with Gasteiger partial charge in [-0.05, 0) is 35.9 Å². The van der Waals surface area contributed by atoms with Crippen molar-refractivity contribution in [3.05, 3.63) is 72.6 Å². The zero-order chi connectivity index (χ0) is 23.6. The number of carbonyl (C=O) groups excluding carboxylic acids is 1. The Morgan fingerprint density at radius 2 is 1.76 bits per heavy atom. The lowest BCUT2D eigenvalue weighted by molar-refractivity contribution is -0.317. The summed E-state index contributed by atoms with van der Waals surface area (Å²) in [6.45, 7) is 0. The highest BCUT2D eigenvalue weighted by Crippen LogP contribution is 2.41. The van der Waals surface area contributed by atoms with E-state index in [0.717, 1.165) is 7.11 Å². The van der Waals surface area contributed by atoms with Gasteiger partial charge in [0.15, 0.2) is 0 Å². The van der Waals surface area contributed by atoms with Gasteiger partial charge in [0.25, 0.3) is 5.91 Å². The molecule has 1 amide bonds. The third kappa shape index (κ3) is 3.87. The first-order valence-corrected chi connectivity index (χ1v) is 9.64. The van der Waals surface area contributed by atoms with Crippen LogP contribution in [0.4, 0.5) is 13.2 Å². The quantitative estimate of drug-likeness (QED) is 0.444. The Balaban J connectivity index is 1.90. The van der Waals surface area contributed by atoms with E-state index in [1.807, 2.05) is 5.32 Å². The van der Waals surface area contributed by atoms with Crippen LogP contribution in [0.25, 0.3) is 22.2 Å². The Hall–Kier alpha value is -3.99. The first-order chi connectivity index (χ1) is 15.8. The normalized spacial score (nSPS) is 13.5. The van der Waals surface area contributed by atoms with Crippen molar-refractivity contribution in [2.24, 2.45) is 0 Å². The number of aromatic nitrogens is 4. The van der Waals surface area contributed by atoms with Gasteiger partial charge < -0.3 is 9.47 Å². The number of nitrogens with zero attached hydrogens (tertiary/aromatic N) is 4. The number of nitrogens with one attached hydrogen (secondary N) is 1. The highest BCUT2D eigenvalue weighted by atomic mass is 19.4. The summed E-state index contributed by atoms with van der Waals surface area (Å²) in [4.78, 5) is 17.0. The van der Waals surface area contributed by atoms with Crippen LogP contribution in [0.3, 0.4) is 0 Å². The molecule has 0 aliphatic heterocycles. The van der Waals surface area contributed by atoms with Gasteiger partial charge in [0.1, 0.15) is 0 Å². The van der Waals surface area contributed by atoms with Crippen molar-refractivity contribution < 1.29 is 27.4 Å². The molecule has 33 heavy (non-hydrogen) atoms. The van der Waals surface area contributed by atoms with Crippen molar-refractivity contribution in [1.29, 1.82) is 0 Å². The molecule has 2 aromatic carbocycles. The molecule has 0 spiro atoms. The summed E-state index contributed by atoms with van der Waals surface area (Å²) in [7, 11) is 2.03. The van der Waals surface area contributed by atoms with E-state index in [-0.39, 0.29) is 16.6 Å². The molecule has 2 aromatic heterocycles. The zero-order valence-electron chi connectivity index (χ0n) is 17.5. The van der Waals surface area contributed by atoms with Gasteiger partial charge >= 0.3 is 18.0 Å². The van der Waals surface area contributed by atoms with Crippen LogP contribution in [0.5, 0.6) is 6.01 Å². The van der Waals surface area contributed by atoms with Gasteiger partial charge in [-0.2, -0.15) is 28.4 Å². The molecule has 0 saturated heterocycles. The molecule has 1 N–H and O–H groups in total. The highest BCUT2D eigenvalue weighted by molar-refractivity contribution is 5.94. The summed E-state index contributed by atoms with van der Waals surface area (Å²) < 4.78 is 54.4. The molecule has 0 aliphatic rings. The van der Waals surface area contributed by atoms with Crippen LogP contribution in [-0.4, -0.2) is 46.1 Å². The summed E-state index contributed by atoms with van der Waals surface area (Å²) >= 11 is 0. The van der Waals surface area contributed by atoms with E-state index in [4.69, 9.17) is 9.47 Å². The molecule has 1 atom stereocenters. The molecule has 4 aromatic rings. The molecular weight excluding hydrogens is 439 g/mol. The van der Waals surface area contributed by atoms with Gasteiger partial charge in [-0.15, -0.1) is 0 Å². The van der Waals surface area contributed by atoms with Gasteiger partial charge in [-0.25, -0.2) is 4.57 Å². The Morgan fingerprint density at radius 3 is 2.36 bits per heavy atom. The number of hydrogen-bond donors (Lipinski definition) is 1. The predicted molar refractivity (Wildman–Crippen MR) is 112 cm³/mol. The molecule has 0 bridgehead atoms. The first-order valence-electron chi connectivity index (χ1n) is 9.64. The van der Waals surface area contributed by atoms with Crippen molar-refractivity contribution >= 4 is 16.9 Å². The molecular formula is C22H18F3N5O3. The van der Waals surface area contributed by atoms with Crippen molar-refractivity contribution in [2.45, 2.75) is 12.0 Å². The number of rotatable bonds is 6. The second-order valence-electron chi connectivity index (χ2n) is 6.93. The monoisotopic (exact) mass is 457 g/mol. The number of fused-ring (bicyclic) bond motifs is 1. The number of methoxy groups -OCH3 is 2. The number of hydrogen-bond acceptors (Lipinski definition) is 6. The number of carbonyl (C=O) groups is 1. The number of halogens is 3. The Kier molecular flexibility index (Phi) is 5.73. The zero-order valence-corrected chi connectivity index (χ0v) is 17.5. The maximum absolute atomic E-state index is 14.5. The first kappa shape index (κ1) is 22.2. The topological polar surface area (TPSA) is 91.2 Å². The lowest BCUT2D eigenvalue weighted by Crippen LogP contribution is -2.61. The fourth-order valence-corrected chi connectivity index (χ4v) is 3.47. The second-order valence-corrected chi connectivity index (χ2v) is 6.93. The lowest BCUT2D eigenvalue weighted by Gasteiger charge is -2.36. The van der Waals surface area contributed by atoms with Gasteiger partial charge in [0.2, 0.25) is 0 Å². The van der Waals surface area contributed by atoms with Crippen molar-refractivity contribution in [3.63, 3.8) is 0 Å². The van der Waals surface area contributed by atoms with Gasteiger partial charge in [0, 0.05) is 18.2 Å². The fourth-order valence-electron chi connectivity index (χ4n) is 3.47. The smallest absolute Gasteiger partial charge is 0.459 e. The van der Waals surface area contributed by atoms with Crippen molar-refractivity contribution in [2.75, 3.05) is 14.2 Å². The van der Waals surface area contributed by atoms with Crippen LogP contribution < -0.4 is 10.1 Å². The average molecular weight is 457 g/mol. The highest BCUT2D eigenvalue weighted by Gasteiger charge is 2.61. The minimum absolute atomic E-state index is 0.0269. The molecule has 4 rings (SSSR count). The van der Waals surface area contributed by atoms with Crippen molar-refractivity contribution in [1.82, 2.24) is 25.1 Å². The lowest BCUT2D eigenvalue weighted by atomic mass is 10.1. The van der Waals surface area contributed by atoms with Crippen LogP contribution in [0.15, 0.2) is 67.0 Å². The minimum Gasteiger partial charge on any atom is -0.468 e. The summed E-state index contributed by atoms with van der Waals surface area (Å²) in [6, 6.07) is 13.4. The van der Waals surface area contributed by atoms with E-state index < -0.39 is 23.9 Å². The summed E-state index contributed by atoms with van der Waals surface area (Å²) in [5.74, 6) is -4.28. The van der Waals surface area contributed by atoms with Gasteiger partial charge in [0.05, 0.1) is 30.5 Å². The third-order valence-corrected chi connectivity index (χ3v) is 5.04. The third-order valence-electron chi connectivity index (χ3n) is 5.04. The fraction of sp³-hybridized carbons (Fsp3) is 0.182. The number of imidazole rings is 1. The van der Waals surface area contributed by atoms with Crippen molar-refractivity contribution in [3.8, 4) is 17.1 Å². The number of alkyl halides is 3. The van der Waals surface area contributed by atoms with E-state index >= 15 is 0 Å². The largest absolute Gasteiger partial charge is 0.468 e. The molecule has 0 saturated carbocycles. The van der Waals surface area contributed by atoms with Crippen LogP contribution in [-0.2, 0) is 10.6 Å². The maximum Gasteiger partial charge on any atom is 0.459 e. The molecule has 0 aliphatic carbocycles. The Bertz CT molecular complexity index is 1280. The summed E-state index contributed by atoms with van der Waals surface area (Å²) in [5, 5.41) is 9.52. The summed E-state index contributed by atoms with van der Waals surface area (Å²) in [6.07, 6.45) is -2.07. The molecule has 1 unspecified atom stereocenters. The van der Waals surface area contributed by atoms with E-state index in [0.29, 0.717) is 15.7 Å². The molecule has 11 heteroatoms. The molecule has 0 radical (unpaired) electrons. The SMILES string of the molecule is COc1nc2cc(-c3ccnnc3)ccc2n1C(NC(=O)c1ccccc1)(OC)C(F)(F)F. The van der Waals surface area contributed by atoms with Gasteiger partial charge in [-0.1, -0.05) is 24.3 Å². The van der Waals surface area contributed by atoms with E-state index in [1.54, 1.807) is 36.4 Å². The van der Waals surface area contributed by atoms with Crippen LogP contribution in [0, 0.1) is 0 Å². The van der Waals surface area contributed by atoms with Gasteiger partial charge in [-0.3, -0.25) is 10.1 Å². The number of amides is 1. The van der Waals surface area contributed by atoms with E-state index in [2.05, 4.69) is 15.2 Å². The van der Waals surface area contributed by atoms with E-state index in [1.165, 1.54) is 37.7 Å². The van der Waals surface area contributed by atoms with Crippen LogP contribution in [0.1, 0.15) is 10.4 Å². The number of ether oxygens (including phenoxy) is 2. The molecule has 170 valence electrons. The standard InChI is InChI=1S/C22H18F3N5O3/c1-32-20-28-17-12-15(16-10-11-26-27-13-16)8-9-18(17)30(20)22(33-2,21(23,24)25)29-19(31)14-6-4-3-5-7-14/h3-13H,1-2H3,(H,29,31). The Morgan fingerprint density at radius 1 is 1.00 bits per heavy atom. The average Bonchev–Trinajstić information content (AvgIpc) is 3.21. The maximum atomic E-state index is 14.5. The van der Waals surface area contributed by atoms with Crippen LogP contribution in [0.2, 0.25) is 0 Å². The molecule has 8 nitrogen and oxygen atoms in total. The predicted octanol–water partition coefficient (Wildman–Crippen LogP) is 3.75. The minimum atomic E-state index is -5.08. The second kappa shape index (κ2) is 8.51.